The van der Waals surface area contributed by atoms with Crippen LogP contribution in [0, 0.1) is 0 Å². The SMILES string of the molecule is CN1C[C@@H](O)C[n+]2c1sc1ccccc12. The minimum atomic E-state index is -0.259. The van der Waals surface area contributed by atoms with E-state index in [0.29, 0.717) is 6.54 Å². The van der Waals surface area contributed by atoms with Crippen LogP contribution in [0.2, 0.25) is 0 Å². The first-order valence-corrected chi connectivity index (χ1v) is 5.88. The molecule has 0 fully saturated rings. The molecule has 2 heterocycles. The molecular weight excluding hydrogens is 208 g/mol. The molecule has 78 valence electrons. The van der Waals surface area contributed by atoms with Crippen LogP contribution in [0.5, 0.6) is 0 Å². The zero-order valence-corrected chi connectivity index (χ0v) is 9.37. The summed E-state index contributed by atoms with van der Waals surface area (Å²) in [6.07, 6.45) is -0.259. The average Bonchev–Trinajstić information content (AvgIpc) is 2.57. The van der Waals surface area contributed by atoms with Crippen molar-refractivity contribution in [1.29, 1.82) is 0 Å². The van der Waals surface area contributed by atoms with Crippen molar-refractivity contribution in [3.63, 3.8) is 0 Å². The van der Waals surface area contributed by atoms with Gasteiger partial charge in [0, 0.05) is 0 Å². The molecule has 1 aromatic carbocycles. The van der Waals surface area contributed by atoms with Gasteiger partial charge in [0.25, 0.3) is 0 Å². The number of benzene rings is 1. The number of β-amino-alcohol motifs (C(OH)–C–C–N with tert-alkyl or cyclic N) is 1. The number of thiazole rings is 1. The molecule has 0 bridgehead atoms. The third-order valence-corrected chi connectivity index (χ3v) is 4.07. The molecule has 1 aliphatic heterocycles. The van der Waals surface area contributed by atoms with Crippen LogP contribution in [0.3, 0.4) is 0 Å². The van der Waals surface area contributed by atoms with Gasteiger partial charge >= 0.3 is 5.13 Å². The Morgan fingerprint density at radius 2 is 2.27 bits per heavy atom. The number of hydrogen-bond acceptors (Lipinski definition) is 3. The highest BCUT2D eigenvalue weighted by atomic mass is 32.1. The van der Waals surface area contributed by atoms with Gasteiger partial charge in [-0.25, -0.2) is 4.57 Å². The van der Waals surface area contributed by atoms with Gasteiger partial charge in [-0.3, -0.25) is 4.90 Å². The summed E-state index contributed by atoms with van der Waals surface area (Å²) in [7, 11) is 2.03. The molecule has 4 heteroatoms. The first kappa shape index (κ1) is 9.12. The molecule has 1 N–H and O–H groups in total. The van der Waals surface area contributed by atoms with Gasteiger partial charge in [0.2, 0.25) is 0 Å². The lowest BCUT2D eigenvalue weighted by Crippen LogP contribution is -2.52. The number of anilines is 1. The van der Waals surface area contributed by atoms with Gasteiger partial charge in [-0.2, -0.15) is 0 Å². The number of para-hydroxylation sites is 1. The fourth-order valence-corrected chi connectivity index (χ4v) is 3.29. The summed E-state index contributed by atoms with van der Waals surface area (Å²) in [5.74, 6) is 0. The van der Waals surface area contributed by atoms with Gasteiger partial charge < -0.3 is 5.11 Å². The summed E-state index contributed by atoms with van der Waals surface area (Å²) < 4.78 is 3.49. The van der Waals surface area contributed by atoms with Crippen molar-refractivity contribution in [2.45, 2.75) is 12.6 Å². The summed E-state index contributed by atoms with van der Waals surface area (Å²) in [6, 6.07) is 8.34. The lowest BCUT2D eigenvalue weighted by Gasteiger charge is -2.21. The molecule has 3 rings (SSSR count). The van der Waals surface area contributed by atoms with E-state index >= 15 is 0 Å². The molecule has 2 aromatic rings. The van der Waals surface area contributed by atoms with E-state index in [2.05, 4.69) is 27.7 Å². The van der Waals surface area contributed by atoms with Crippen LogP contribution < -0.4 is 9.47 Å². The zero-order chi connectivity index (χ0) is 10.4. The van der Waals surface area contributed by atoms with Gasteiger partial charge in [0.15, 0.2) is 0 Å². The van der Waals surface area contributed by atoms with Crippen LogP contribution in [0.15, 0.2) is 24.3 Å². The van der Waals surface area contributed by atoms with Crippen molar-refractivity contribution in [1.82, 2.24) is 0 Å². The van der Waals surface area contributed by atoms with E-state index in [9.17, 15) is 5.11 Å². The van der Waals surface area contributed by atoms with Crippen LogP contribution in [-0.2, 0) is 6.54 Å². The minimum absolute atomic E-state index is 0.259. The second-order valence-electron chi connectivity index (χ2n) is 4.00. The van der Waals surface area contributed by atoms with E-state index < -0.39 is 0 Å². The average molecular weight is 221 g/mol. The highest BCUT2D eigenvalue weighted by molar-refractivity contribution is 7.21. The molecule has 0 amide bonds. The standard InChI is InChI=1S/C11H13N2OS/c1-12-6-8(14)7-13-9-4-2-3-5-10(9)15-11(12)13/h2-5,8,14H,6-7H2,1H3/q+1/t8-/m1/s1. The Bertz CT molecular complexity index is 508. The summed E-state index contributed by atoms with van der Waals surface area (Å²) >= 11 is 1.79. The molecule has 1 aromatic heterocycles. The molecule has 0 spiro atoms. The first-order chi connectivity index (χ1) is 7.25. The quantitative estimate of drug-likeness (QED) is 0.672. The normalized spacial score (nSPS) is 20.7. The highest BCUT2D eigenvalue weighted by Crippen LogP contribution is 2.28. The van der Waals surface area contributed by atoms with Crippen molar-refractivity contribution < 1.29 is 9.67 Å². The Labute approximate surface area is 92.2 Å². The Morgan fingerprint density at radius 1 is 1.47 bits per heavy atom. The predicted octanol–water partition coefficient (Wildman–Crippen LogP) is 0.999. The number of nitrogens with zero attached hydrogens (tertiary/aromatic N) is 2. The molecular formula is C11H13N2OS+. The molecule has 15 heavy (non-hydrogen) atoms. The van der Waals surface area contributed by atoms with Crippen molar-refractivity contribution in [2.75, 3.05) is 18.5 Å². The number of aliphatic hydroxyl groups excluding tert-OH is 1. The van der Waals surface area contributed by atoms with Crippen LogP contribution >= 0.6 is 11.3 Å². The number of hydrogen-bond donors (Lipinski definition) is 1. The second-order valence-corrected chi connectivity index (χ2v) is 5.01. The second kappa shape index (κ2) is 3.18. The number of likely N-dealkylation sites (N-methyl/N-ethyl adjacent to an activating group) is 1. The number of aromatic nitrogens is 1. The summed E-state index contributed by atoms with van der Waals surface area (Å²) in [6.45, 7) is 1.44. The third kappa shape index (κ3) is 1.33. The van der Waals surface area contributed by atoms with Gasteiger partial charge in [-0.05, 0) is 23.5 Å². The van der Waals surface area contributed by atoms with Crippen LogP contribution in [-0.4, -0.2) is 24.8 Å². The molecule has 1 aliphatic rings. The molecule has 0 saturated carbocycles. The topological polar surface area (TPSA) is 27.3 Å². The summed E-state index contributed by atoms with van der Waals surface area (Å²) in [5.41, 5.74) is 1.23. The zero-order valence-electron chi connectivity index (χ0n) is 8.55. The number of aliphatic hydroxyl groups is 1. The summed E-state index contributed by atoms with van der Waals surface area (Å²) in [5, 5.41) is 11.0. The lowest BCUT2D eigenvalue weighted by atomic mass is 10.2. The number of rotatable bonds is 0. The predicted molar refractivity (Wildman–Crippen MR) is 61.3 cm³/mol. The minimum Gasteiger partial charge on any atom is -0.385 e. The molecule has 0 saturated heterocycles. The van der Waals surface area contributed by atoms with E-state index in [4.69, 9.17) is 0 Å². The van der Waals surface area contributed by atoms with Crippen molar-refractivity contribution in [3.8, 4) is 0 Å². The summed E-state index contributed by atoms with van der Waals surface area (Å²) in [4.78, 5) is 2.12. The van der Waals surface area contributed by atoms with E-state index in [1.54, 1.807) is 11.3 Å². The molecule has 0 unspecified atom stereocenters. The Balaban J connectivity index is 2.27. The molecule has 0 radical (unpaired) electrons. The Kier molecular flexibility index (Phi) is 1.94. The van der Waals surface area contributed by atoms with Crippen molar-refractivity contribution >= 4 is 26.7 Å². The molecule has 0 aliphatic carbocycles. The van der Waals surface area contributed by atoms with Crippen LogP contribution in [0.4, 0.5) is 5.13 Å². The Morgan fingerprint density at radius 3 is 3.13 bits per heavy atom. The van der Waals surface area contributed by atoms with E-state index in [1.807, 2.05) is 13.1 Å². The van der Waals surface area contributed by atoms with E-state index in [-0.39, 0.29) is 6.10 Å². The maximum atomic E-state index is 9.75. The van der Waals surface area contributed by atoms with Gasteiger partial charge in [0.05, 0.1) is 11.7 Å². The first-order valence-electron chi connectivity index (χ1n) is 5.06. The van der Waals surface area contributed by atoms with Gasteiger partial charge in [0.1, 0.15) is 24.7 Å². The van der Waals surface area contributed by atoms with Gasteiger partial charge in [-0.15, -0.1) is 0 Å². The van der Waals surface area contributed by atoms with Crippen molar-refractivity contribution in [2.24, 2.45) is 0 Å². The van der Waals surface area contributed by atoms with E-state index in [0.717, 1.165) is 6.54 Å². The Hall–Kier alpha value is -1.13. The highest BCUT2D eigenvalue weighted by Gasteiger charge is 2.31. The maximum Gasteiger partial charge on any atom is 0.336 e. The fraction of sp³-hybridized carbons (Fsp3) is 0.364. The van der Waals surface area contributed by atoms with Crippen LogP contribution in [0.1, 0.15) is 0 Å². The fourth-order valence-electron chi connectivity index (χ4n) is 2.15. The van der Waals surface area contributed by atoms with Crippen LogP contribution in [0.25, 0.3) is 10.2 Å². The lowest BCUT2D eigenvalue weighted by molar-refractivity contribution is -0.667. The maximum absolute atomic E-state index is 9.75. The number of fused-ring (bicyclic) bond motifs is 3. The smallest absolute Gasteiger partial charge is 0.336 e. The van der Waals surface area contributed by atoms with E-state index in [1.165, 1.54) is 15.3 Å². The van der Waals surface area contributed by atoms with Crippen molar-refractivity contribution in [3.05, 3.63) is 24.3 Å². The monoisotopic (exact) mass is 221 g/mol. The molecule has 1 atom stereocenters. The van der Waals surface area contributed by atoms with Gasteiger partial charge in [-0.1, -0.05) is 12.1 Å². The molecule has 3 nitrogen and oxygen atoms in total. The third-order valence-electron chi connectivity index (χ3n) is 2.79. The largest absolute Gasteiger partial charge is 0.385 e.